The van der Waals surface area contributed by atoms with Crippen LogP contribution in [0.25, 0.3) is 0 Å². The van der Waals surface area contributed by atoms with Crippen LogP contribution in [0.5, 0.6) is 17.2 Å². The highest BCUT2D eigenvalue weighted by Crippen LogP contribution is 2.29. The van der Waals surface area contributed by atoms with E-state index in [0.717, 1.165) is 29.7 Å². The molecule has 1 aliphatic heterocycles. The van der Waals surface area contributed by atoms with Gasteiger partial charge < -0.3 is 24.2 Å². The van der Waals surface area contributed by atoms with Gasteiger partial charge in [0, 0.05) is 52.3 Å². The summed E-state index contributed by atoms with van der Waals surface area (Å²) in [5, 5.41) is 15.9. The smallest absolute Gasteiger partial charge is 0.219 e. The minimum absolute atomic E-state index is 0.0588. The van der Waals surface area contributed by atoms with Gasteiger partial charge in [0.15, 0.2) is 11.5 Å². The molecule has 39 heavy (non-hydrogen) atoms. The molecular formula is C30H40N4O5. The van der Waals surface area contributed by atoms with Gasteiger partial charge in [-0.15, -0.1) is 0 Å². The molecule has 1 N–H and O–H groups in total. The minimum atomic E-state index is -1.21. The zero-order valence-electron chi connectivity index (χ0n) is 23.4. The van der Waals surface area contributed by atoms with Crippen molar-refractivity contribution in [1.29, 1.82) is 0 Å². The lowest BCUT2D eigenvalue weighted by Crippen LogP contribution is -2.51. The Bertz CT molecular complexity index is 1230. The van der Waals surface area contributed by atoms with Crippen molar-refractivity contribution in [3.63, 3.8) is 0 Å². The molecule has 2 aromatic carbocycles. The summed E-state index contributed by atoms with van der Waals surface area (Å²) in [4.78, 5) is 16.1. The van der Waals surface area contributed by atoms with E-state index in [1.165, 1.54) is 6.92 Å². The van der Waals surface area contributed by atoms with Gasteiger partial charge in [-0.2, -0.15) is 5.10 Å². The van der Waals surface area contributed by atoms with Gasteiger partial charge in [0.1, 0.15) is 18.0 Å². The first kappa shape index (κ1) is 28.4. The molecule has 1 saturated heterocycles. The van der Waals surface area contributed by atoms with Crippen LogP contribution in [-0.2, 0) is 17.9 Å². The number of carbonyl (C=O) groups excluding carboxylic acids is 1. The molecule has 1 atom stereocenters. The summed E-state index contributed by atoms with van der Waals surface area (Å²) in [6.07, 6.45) is 4.70. The Hall–Kier alpha value is -3.56. The van der Waals surface area contributed by atoms with Crippen LogP contribution < -0.4 is 14.2 Å². The van der Waals surface area contributed by atoms with Gasteiger partial charge in [0.05, 0.1) is 26.5 Å². The predicted octanol–water partition coefficient (Wildman–Crippen LogP) is 3.45. The van der Waals surface area contributed by atoms with Crippen molar-refractivity contribution in [1.82, 2.24) is 19.6 Å². The average Bonchev–Trinajstić information content (AvgIpc) is 3.25. The highest BCUT2D eigenvalue weighted by atomic mass is 16.5. The summed E-state index contributed by atoms with van der Waals surface area (Å²) in [6, 6.07) is 13.7. The summed E-state index contributed by atoms with van der Waals surface area (Å²) in [5.41, 5.74) is 2.10. The average molecular weight is 537 g/mol. The Morgan fingerprint density at radius 1 is 1.03 bits per heavy atom. The van der Waals surface area contributed by atoms with Gasteiger partial charge in [0.25, 0.3) is 0 Å². The third-order valence-electron chi connectivity index (χ3n) is 6.85. The number of ether oxygens (including phenoxy) is 3. The molecule has 0 spiro atoms. The van der Waals surface area contributed by atoms with Crippen LogP contribution in [0.3, 0.4) is 0 Å². The van der Waals surface area contributed by atoms with Crippen molar-refractivity contribution in [2.24, 2.45) is 0 Å². The first-order valence-electron chi connectivity index (χ1n) is 13.4. The second-order valence-electron chi connectivity index (χ2n) is 10.4. The number of hydrogen-bond donors (Lipinski definition) is 1. The van der Waals surface area contributed by atoms with E-state index < -0.39 is 5.60 Å². The van der Waals surface area contributed by atoms with E-state index in [0.29, 0.717) is 50.0 Å². The lowest BCUT2D eigenvalue weighted by atomic mass is 10.0. The molecule has 1 aromatic heterocycles. The second kappa shape index (κ2) is 13.0. The maximum atomic E-state index is 12.2. The Kier molecular flexibility index (Phi) is 9.48. The maximum absolute atomic E-state index is 12.2. The fourth-order valence-corrected chi connectivity index (χ4v) is 4.77. The molecule has 210 valence electrons. The van der Waals surface area contributed by atoms with Crippen molar-refractivity contribution in [3.05, 3.63) is 71.5 Å². The number of aryl methyl sites for hydroxylation is 3. The fourth-order valence-electron chi connectivity index (χ4n) is 4.77. The zero-order chi connectivity index (χ0) is 27.8. The topological polar surface area (TPSA) is 89.3 Å². The monoisotopic (exact) mass is 536 g/mol. The van der Waals surface area contributed by atoms with Crippen molar-refractivity contribution in [2.75, 3.05) is 46.5 Å². The largest absolute Gasteiger partial charge is 0.493 e. The van der Waals surface area contributed by atoms with Gasteiger partial charge in [-0.25, -0.2) is 0 Å². The molecule has 0 radical (unpaired) electrons. The highest BCUT2D eigenvalue weighted by molar-refractivity contribution is 5.73. The summed E-state index contributed by atoms with van der Waals surface area (Å²) in [7, 11) is 1.64. The molecule has 3 aromatic rings. The van der Waals surface area contributed by atoms with Crippen LogP contribution in [0.1, 0.15) is 30.0 Å². The highest BCUT2D eigenvalue weighted by Gasteiger charge is 2.37. The standard InChI is InChI=1S/C30H40N4O5/c1-23-6-9-27(10-7-23)39-22-30(36)20-32(13-14-33(21-30)25(3)35)19-26-8-11-28(29(16-26)37-4)38-15-5-12-34-18-24(2)17-31-34/h6-11,16-18,36H,5,12-15,19-22H2,1-4H3/t30-/m1/s1. The van der Waals surface area contributed by atoms with Crippen molar-refractivity contribution in [3.8, 4) is 17.2 Å². The molecule has 0 bridgehead atoms. The quantitative estimate of drug-likeness (QED) is 0.376. The summed E-state index contributed by atoms with van der Waals surface area (Å²) < 4.78 is 19.5. The number of hydrogen-bond acceptors (Lipinski definition) is 7. The molecule has 0 saturated carbocycles. The van der Waals surface area contributed by atoms with Crippen molar-refractivity contribution < 1.29 is 24.1 Å². The van der Waals surface area contributed by atoms with Crippen LogP contribution in [0.15, 0.2) is 54.9 Å². The Morgan fingerprint density at radius 2 is 1.82 bits per heavy atom. The van der Waals surface area contributed by atoms with Gasteiger partial charge in [-0.05, 0) is 49.2 Å². The van der Waals surface area contributed by atoms with E-state index >= 15 is 0 Å². The van der Waals surface area contributed by atoms with Crippen molar-refractivity contribution in [2.45, 2.75) is 45.9 Å². The van der Waals surface area contributed by atoms with Gasteiger partial charge in [-0.1, -0.05) is 23.8 Å². The number of β-amino-alcohol motifs (C(OH)–C–C–N with tert-alkyl or cyclic N) is 1. The molecule has 1 fully saturated rings. The van der Waals surface area contributed by atoms with E-state index in [-0.39, 0.29) is 19.1 Å². The SMILES string of the molecule is COc1cc(CN2CCN(C(C)=O)C[C@@](O)(COc3ccc(C)cc3)C2)ccc1OCCCn1cc(C)cn1. The predicted molar refractivity (Wildman–Crippen MR) is 149 cm³/mol. The summed E-state index contributed by atoms with van der Waals surface area (Å²) in [6.45, 7) is 9.37. The molecule has 0 aliphatic carbocycles. The van der Waals surface area contributed by atoms with Gasteiger partial charge in [0.2, 0.25) is 5.91 Å². The van der Waals surface area contributed by atoms with Crippen LogP contribution in [-0.4, -0.2) is 82.7 Å². The van der Waals surface area contributed by atoms with Gasteiger partial charge >= 0.3 is 0 Å². The number of methoxy groups -OCH3 is 1. The number of benzene rings is 2. The summed E-state index contributed by atoms with van der Waals surface area (Å²) in [5.74, 6) is 2.00. The number of aromatic nitrogens is 2. The number of amides is 1. The van der Waals surface area contributed by atoms with E-state index in [4.69, 9.17) is 14.2 Å². The molecule has 4 rings (SSSR count). The molecule has 1 amide bonds. The molecule has 9 heteroatoms. The van der Waals surface area contributed by atoms with E-state index in [1.807, 2.05) is 73.4 Å². The van der Waals surface area contributed by atoms with E-state index in [1.54, 1.807) is 12.0 Å². The Balaban J connectivity index is 1.38. The molecule has 9 nitrogen and oxygen atoms in total. The Labute approximate surface area is 230 Å². The fraction of sp³-hybridized carbons (Fsp3) is 0.467. The number of carbonyl (C=O) groups is 1. The molecule has 0 unspecified atom stereocenters. The van der Waals surface area contributed by atoms with E-state index in [9.17, 15) is 9.90 Å². The first-order chi connectivity index (χ1) is 18.7. The van der Waals surface area contributed by atoms with Crippen LogP contribution in [0.2, 0.25) is 0 Å². The van der Waals surface area contributed by atoms with Crippen LogP contribution in [0.4, 0.5) is 0 Å². The zero-order valence-corrected chi connectivity index (χ0v) is 23.4. The molecular weight excluding hydrogens is 496 g/mol. The van der Waals surface area contributed by atoms with Gasteiger partial charge in [-0.3, -0.25) is 14.4 Å². The number of nitrogens with zero attached hydrogens (tertiary/aromatic N) is 4. The lowest BCUT2D eigenvalue weighted by Gasteiger charge is -2.32. The Morgan fingerprint density at radius 3 is 2.51 bits per heavy atom. The van der Waals surface area contributed by atoms with Crippen LogP contribution in [0, 0.1) is 13.8 Å². The first-order valence-corrected chi connectivity index (χ1v) is 13.4. The summed E-state index contributed by atoms with van der Waals surface area (Å²) >= 11 is 0. The third-order valence-corrected chi connectivity index (χ3v) is 6.85. The van der Waals surface area contributed by atoms with E-state index in [2.05, 4.69) is 10.00 Å². The second-order valence-corrected chi connectivity index (χ2v) is 10.4. The van der Waals surface area contributed by atoms with Crippen LogP contribution >= 0.6 is 0 Å². The minimum Gasteiger partial charge on any atom is -0.493 e. The molecule has 1 aliphatic rings. The number of rotatable bonds is 11. The number of aliphatic hydroxyl groups is 1. The van der Waals surface area contributed by atoms with Crippen molar-refractivity contribution >= 4 is 5.91 Å². The normalized spacial score (nSPS) is 18.0. The lowest BCUT2D eigenvalue weighted by molar-refractivity contribution is -0.132. The third kappa shape index (κ3) is 8.21. The molecule has 2 heterocycles. The maximum Gasteiger partial charge on any atom is 0.219 e.